The van der Waals surface area contributed by atoms with Crippen LogP contribution in [-0.2, 0) is 21.2 Å². The molecule has 3 aromatic rings. The maximum Gasteiger partial charge on any atom is 0.471 e. The van der Waals surface area contributed by atoms with Crippen LogP contribution in [0, 0.1) is 0 Å². The van der Waals surface area contributed by atoms with E-state index in [0.717, 1.165) is 35.4 Å². The topological polar surface area (TPSA) is 49.4 Å². The van der Waals surface area contributed by atoms with Crippen molar-refractivity contribution in [3.8, 4) is 0 Å². The Morgan fingerprint density at radius 3 is 1.93 bits per heavy atom. The highest BCUT2D eigenvalue weighted by Gasteiger charge is 2.50. The van der Waals surface area contributed by atoms with Crippen LogP contribution in [0.4, 0.5) is 37.7 Å². The maximum absolute atomic E-state index is 14.0. The van der Waals surface area contributed by atoms with E-state index in [2.05, 4.69) is 26.1 Å². The summed E-state index contributed by atoms with van der Waals surface area (Å²) in [4.78, 5) is 27.3. The molecular formula is C32H28F6N2O2. The molecule has 3 aromatic carbocycles. The molecule has 4 nitrogen and oxygen atoms in total. The lowest BCUT2D eigenvalue weighted by atomic mass is 9.77. The number of amides is 1. The van der Waals surface area contributed by atoms with Gasteiger partial charge in [-0.2, -0.15) is 26.3 Å². The van der Waals surface area contributed by atoms with E-state index in [-0.39, 0.29) is 46.7 Å². The molecule has 0 bridgehead atoms. The van der Waals surface area contributed by atoms with Gasteiger partial charge in [0.1, 0.15) is 0 Å². The third kappa shape index (κ3) is 5.54. The van der Waals surface area contributed by atoms with Crippen LogP contribution in [0.3, 0.4) is 0 Å². The summed E-state index contributed by atoms with van der Waals surface area (Å²) in [6.45, 7) is 6.22. The van der Waals surface area contributed by atoms with Crippen molar-refractivity contribution >= 4 is 23.1 Å². The van der Waals surface area contributed by atoms with Crippen LogP contribution in [0.1, 0.15) is 67.8 Å². The maximum atomic E-state index is 14.0. The zero-order valence-corrected chi connectivity index (χ0v) is 23.0. The second kappa shape index (κ2) is 10.3. The molecule has 1 N–H and O–H groups in total. The first-order chi connectivity index (χ1) is 19.6. The Labute approximate surface area is 239 Å². The van der Waals surface area contributed by atoms with E-state index in [1.165, 1.54) is 18.2 Å². The van der Waals surface area contributed by atoms with Gasteiger partial charge in [0.25, 0.3) is 0 Å². The summed E-state index contributed by atoms with van der Waals surface area (Å²) in [5.74, 6) is -3.03. The summed E-state index contributed by atoms with van der Waals surface area (Å²) in [5.41, 5.74) is 1.11. The molecule has 0 aromatic heterocycles. The van der Waals surface area contributed by atoms with Gasteiger partial charge in [-0.25, -0.2) is 0 Å². The number of fused-ring (bicyclic) bond motifs is 1. The highest BCUT2D eigenvalue weighted by molar-refractivity contribution is 6.07. The summed E-state index contributed by atoms with van der Waals surface area (Å²) in [6.07, 6.45) is -9.80. The van der Waals surface area contributed by atoms with E-state index in [9.17, 15) is 35.9 Å². The van der Waals surface area contributed by atoms with Crippen molar-refractivity contribution in [2.24, 2.45) is 0 Å². The number of anilines is 2. The summed E-state index contributed by atoms with van der Waals surface area (Å²) >= 11 is 0. The summed E-state index contributed by atoms with van der Waals surface area (Å²) in [7, 11) is 0. The third-order valence-electron chi connectivity index (χ3n) is 7.75. The largest absolute Gasteiger partial charge is 0.471 e. The fourth-order valence-corrected chi connectivity index (χ4v) is 5.61. The first-order valence-corrected chi connectivity index (χ1v) is 13.4. The Hall–Kier alpha value is -4.08. The standard InChI is InChI=1S/C32H28F6N2O2/c1-30(2,3)21-12-8-18(9-13-21)20-16-24-27(26(41)17-20)28(19-10-14-22(15-11-19)31(33,34)35)40(29(42)32(36,37)38)25-7-5-4-6-23(25)39-24/h4-15,20,28,39H,16-17H2,1-3H3/t20-,28-/m0/s1. The van der Waals surface area contributed by atoms with Crippen LogP contribution in [-0.4, -0.2) is 17.9 Å². The molecule has 1 heterocycles. The van der Waals surface area contributed by atoms with Gasteiger partial charge < -0.3 is 5.32 Å². The molecule has 0 fully saturated rings. The fourth-order valence-electron chi connectivity index (χ4n) is 5.61. The summed E-state index contributed by atoms with van der Waals surface area (Å²) < 4.78 is 82.1. The minimum absolute atomic E-state index is 0.0447. The number of benzene rings is 3. The van der Waals surface area contributed by atoms with Gasteiger partial charge in [0.2, 0.25) is 0 Å². The molecule has 0 radical (unpaired) electrons. The molecule has 1 aliphatic heterocycles. The Kier molecular flexibility index (Phi) is 7.23. The second-order valence-corrected chi connectivity index (χ2v) is 11.6. The lowest BCUT2D eigenvalue weighted by Crippen LogP contribution is -2.45. The van der Waals surface area contributed by atoms with Gasteiger partial charge in [0, 0.05) is 17.7 Å². The Morgan fingerprint density at radius 1 is 0.786 bits per heavy atom. The predicted octanol–water partition coefficient (Wildman–Crippen LogP) is 8.47. The zero-order chi connectivity index (χ0) is 30.6. The third-order valence-corrected chi connectivity index (χ3v) is 7.75. The highest BCUT2D eigenvalue weighted by atomic mass is 19.4. The molecule has 220 valence electrons. The SMILES string of the molecule is CC(C)(C)c1ccc([C@@H]2CC(=O)C3=C(C2)Nc2ccccc2N(C(=O)C(F)(F)F)[C@H]3c2ccc(C(F)(F)F)cc2)cc1. The number of ketones is 1. The smallest absolute Gasteiger partial charge is 0.357 e. The highest BCUT2D eigenvalue weighted by Crippen LogP contribution is 2.48. The summed E-state index contributed by atoms with van der Waals surface area (Å²) in [5, 5.41) is 3.12. The monoisotopic (exact) mass is 586 g/mol. The molecule has 1 amide bonds. The van der Waals surface area contributed by atoms with Gasteiger partial charge in [-0.15, -0.1) is 0 Å². The Morgan fingerprint density at radius 2 is 1.36 bits per heavy atom. The number of nitrogens with one attached hydrogen (secondary N) is 1. The van der Waals surface area contributed by atoms with Crippen LogP contribution < -0.4 is 10.2 Å². The first kappa shape index (κ1) is 29.4. The van der Waals surface area contributed by atoms with Gasteiger partial charge in [0.15, 0.2) is 5.78 Å². The number of alkyl halides is 6. The predicted molar refractivity (Wildman–Crippen MR) is 147 cm³/mol. The zero-order valence-electron chi connectivity index (χ0n) is 23.0. The second-order valence-electron chi connectivity index (χ2n) is 11.6. The van der Waals surface area contributed by atoms with Gasteiger partial charge in [-0.3, -0.25) is 14.5 Å². The number of carbonyl (C=O) groups is 2. The van der Waals surface area contributed by atoms with Crippen molar-refractivity contribution in [2.75, 3.05) is 10.2 Å². The Balaban J connectivity index is 1.67. The molecule has 0 saturated heterocycles. The number of hydrogen-bond donors (Lipinski definition) is 1. The molecule has 2 atom stereocenters. The minimum Gasteiger partial charge on any atom is -0.357 e. The molecule has 10 heteroatoms. The molecule has 0 spiro atoms. The van der Waals surface area contributed by atoms with E-state index in [1.807, 2.05) is 24.3 Å². The van der Waals surface area contributed by atoms with Gasteiger partial charge in [0.05, 0.1) is 23.0 Å². The van der Waals surface area contributed by atoms with E-state index >= 15 is 0 Å². The number of para-hydroxylation sites is 2. The van der Waals surface area contributed by atoms with Gasteiger partial charge >= 0.3 is 18.3 Å². The van der Waals surface area contributed by atoms with Gasteiger partial charge in [-0.1, -0.05) is 69.3 Å². The van der Waals surface area contributed by atoms with E-state index < -0.39 is 35.6 Å². The number of nitrogens with zero attached hydrogens (tertiary/aromatic N) is 1. The number of halogens is 6. The number of rotatable bonds is 2. The number of carbonyl (C=O) groups excluding carboxylic acids is 2. The van der Waals surface area contributed by atoms with Gasteiger partial charge in [-0.05, 0) is 58.7 Å². The first-order valence-electron chi connectivity index (χ1n) is 13.4. The van der Waals surface area contributed by atoms with Crippen molar-refractivity contribution in [1.29, 1.82) is 0 Å². The van der Waals surface area contributed by atoms with Crippen LogP contribution >= 0.6 is 0 Å². The number of hydrogen-bond acceptors (Lipinski definition) is 3. The minimum atomic E-state index is -5.32. The molecule has 5 rings (SSSR count). The normalized spacial score (nSPS) is 19.5. The fraction of sp³-hybridized carbons (Fsp3) is 0.312. The average Bonchev–Trinajstić information content (AvgIpc) is 3.06. The number of Topliss-reactive ketones (excluding diaryl/α,β-unsaturated/α-hetero) is 1. The van der Waals surface area contributed by atoms with Crippen LogP contribution in [0.2, 0.25) is 0 Å². The van der Waals surface area contributed by atoms with Crippen LogP contribution in [0.25, 0.3) is 0 Å². The van der Waals surface area contributed by atoms with E-state index in [0.29, 0.717) is 10.6 Å². The van der Waals surface area contributed by atoms with E-state index in [4.69, 9.17) is 0 Å². The van der Waals surface area contributed by atoms with Crippen LogP contribution in [0.15, 0.2) is 84.1 Å². The average molecular weight is 587 g/mol. The molecule has 0 saturated carbocycles. The van der Waals surface area contributed by atoms with E-state index in [1.54, 1.807) is 6.07 Å². The van der Waals surface area contributed by atoms with Crippen molar-refractivity contribution in [3.05, 3.63) is 106 Å². The Bertz CT molecular complexity index is 1550. The lowest BCUT2D eigenvalue weighted by molar-refractivity contribution is -0.170. The van der Waals surface area contributed by atoms with Crippen molar-refractivity contribution in [1.82, 2.24) is 0 Å². The molecule has 1 aliphatic carbocycles. The van der Waals surface area contributed by atoms with Crippen molar-refractivity contribution < 1.29 is 35.9 Å². The molecule has 2 aliphatic rings. The number of allylic oxidation sites excluding steroid dienone is 1. The summed E-state index contributed by atoms with van der Waals surface area (Å²) in [6, 6.07) is 15.6. The van der Waals surface area contributed by atoms with Crippen molar-refractivity contribution in [2.45, 2.75) is 63.3 Å². The van der Waals surface area contributed by atoms with Crippen molar-refractivity contribution in [3.63, 3.8) is 0 Å². The molecular weight excluding hydrogens is 558 g/mol. The molecule has 0 unspecified atom stereocenters. The lowest BCUT2D eigenvalue weighted by Gasteiger charge is -2.35. The quantitative estimate of drug-likeness (QED) is 0.307. The molecule has 42 heavy (non-hydrogen) atoms. The van der Waals surface area contributed by atoms with Crippen LogP contribution in [0.5, 0.6) is 0 Å².